The molecule has 0 bridgehead atoms. The summed E-state index contributed by atoms with van der Waals surface area (Å²) in [4.78, 5) is 13.0. The fourth-order valence-corrected chi connectivity index (χ4v) is 3.56. The number of tetrazole rings is 1. The van der Waals surface area contributed by atoms with Crippen molar-refractivity contribution in [2.75, 3.05) is 18.2 Å². The first-order chi connectivity index (χ1) is 14.6. The van der Waals surface area contributed by atoms with Gasteiger partial charge in [0.1, 0.15) is 17.3 Å². The Hall–Kier alpha value is -3.73. The number of rotatable bonds is 7. The molecule has 2 aromatic heterocycles. The van der Waals surface area contributed by atoms with Crippen LogP contribution in [0.5, 0.6) is 5.75 Å². The Morgan fingerprint density at radius 3 is 2.60 bits per heavy atom. The predicted octanol–water partition coefficient (Wildman–Crippen LogP) is 3.04. The van der Waals surface area contributed by atoms with E-state index in [-0.39, 0.29) is 11.2 Å². The number of para-hydroxylation sites is 3. The standard InChI is InChI=1S/C19H19N9OS/c1-12(16-22-17(20)24-18(23-16)21-13-8-4-3-5-9-13)30-19-25-26-27-28(19)14-10-6-7-11-15(14)29-2/h3-12H,1-2H3,(H3,20,21,22,23,24). The van der Waals surface area contributed by atoms with Crippen molar-refractivity contribution in [3.8, 4) is 11.4 Å². The molecule has 0 radical (unpaired) electrons. The number of thioether (sulfide) groups is 1. The maximum atomic E-state index is 5.91. The van der Waals surface area contributed by atoms with E-state index in [1.165, 1.54) is 11.8 Å². The molecule has 0 aliphatic heterocycles. The lowest BCUT2D eigenvalue weighted by Crippen LogP contribution is -2.09. The highest BCUT2D eigenvalue weighted by molar-refractivity contribution is 7.99. The van der Waals surface area contributed by atoms with Gasteiger partial charge < -0.3 is 15.8 Å². The van der Waals surface area contributed by atoms with Gasteiger partial charge in [-0.15, -0.1) is 5.10 Å². The van der Waals surface area contributed by atoms with Gasteiger partial charge in [-0.25, -0.2) is 0 Å². The van der Waals surface area contributed by atoms with Gasteiger partial charge in [0.25, 0.3) is 0 Å². The number of ether oxygens (including phenoxy) is 1. The maximum absolute atomic E-state index is 5.91. The molecule has 1 atom stereocenters. The number of nitrogen functional groups attached to an aromatic ring is 1. The molecule has 0 amide bonds. The lowest BCUT2D eigenvalue weighted by Gasteiger charge is -2.13. The zero-order chi connectivity index (χ0) is 20.9. The van der Waals surface area contributed by atoms with E-state index in [2.05, 4.69) is 35.8 Å². The molecule has 0 saturated heterocycles. The average Bonchev–Trinajstić information content (AvgIpc) is 3.22. The van der Waals surface area contributed by atoms with Gasteiger partial charge in [-0.3, -0.25) is 0 Å². The normalized spacial score (nSPS) is 11.8. The van der Waals surface area contributed by atoms with Crippen LogP contribution < -0.4 is 15.8 Å². The zero-order valence-corrected chi connectivity index (χ0v) is 17.1. The summed E-state index contributed by atoms with van der Waals surface area (Å²) in [6, 6.07) is 17.1. The molecule has 4 rings (SSSR count). The number of hydrogen-bond donors (Lipinski definition) is 2. The molecular weight excluding hydrogens is 402 g/mol. The van der Waals surface area contributed by atoms with Crippen LogP contribution in [0.3, 0.4) is 0 Å². The van der Waals surface area contributed by atoms with Gasteiger partial charge in [-0.1, -0.05) is 42.1 Å². The quantitative estimate of drug-likeness (QED) is 0.429. The molecule has 0 spiro atoms. The third-order valence-electron chi connectivity index (χ3n) is 4.10. The van der Waals surface area contributed by atoms with Crippen molar-refractivity contribution in [2.45, 2.75) is 17.3 Å². The number of hydrogen-bond acceptors (Lipinski definition) is 10. The summed E-state index contributed by atoms with van der Waals surface area (Å²) < 4.78 is 7.04. The van der Waals surface area contributed by atoms with Crippen LogP contribution in [0, 0.1) is 0 Å². The molecule has 152 valence electrons. The molecule has 10 nitrogen and oxygen atoms in total. The van der Waals surface area contributed by atoms with Gasteiger partial charge in [0.2, 0.25) is 17.1 Å². The topological polar surface area (TPSA) is 130 Å². The number of benzene rings is 2. The van der Waals surface area contributed by atoms with Crippen molar-refractivity contribution >= 4 is 29.3 Å². The molecule has 3 N–H and O–H groups in total. The van der Waals surface area contributed by atoms with Crippen molar-refractivity contribution in [2.24, 2.45) is 0 Å². The Morgan fingerprint density at radius 2 is 1.80 bits per heavy atom. The Bertz CT molecular complexity index is 1140. The van der Waals surface area contributed by atoms with Crippen molar-refractivity contribution in [1.29, 1.82) is 0 Å². The highest BCUT2D eigenvalue weighted by atomic mass is 32.2. The SMILES string of the molecule is COc1ccccc1-n1nnnc1SC(C)c1nc(N)nc(Nc2ccccc2)n1. The maximum Gasteiger partial charge on any atom is 0.232 e. The van der Waals surface area contributed by atoms with E-state index in [0.29, 0.717) is 22.7 Å². The first-order valence-electron chi connectivity index (χ1n) is 9.06. The minimum atomic E-state index is -0.189. The van der Waals surface area contributed by atoms with Crippen LogP contribution in [-0.2, 0) is 0 Å². The lowest BCUT2D eigenvalue weighted by atomic mass is 10.3. The number of aromatic nitrogens is 7. The first kappa shape index (κ1) is 19.6. The molecule has 0 aliphatic rings. The van der Waals surface area contributed by atoms with Crippen LogP contribution in [0.15, 0.2) is 59.8 Å². The van der Waals surface area contributed by atoms with Gasteiger partial charge in [0, 0.05) is 5.69 Å². The Balaban J connectivity index is 1.58. The molecule has 11 heteroatoms. The van der Waals surface area contributed by atoms with Crippen LogP contribution in [0.4, 0.5) is 17.6 Å². The van der Waals surface area contributed by atoms with Crippen molar-refractivity contribution < 1.29 is 4.74 Å². The number of nitrogens with two attached hydrogens (primary N) is 1. The fourth-order valence-electron chi connectivity index (χ4n) is 2.72. The Kier molecular flexibility index (Phi) is 5.70. The zero-order valence-electron chi connectivity index (χ0n) is 16.3. The summed E-state index contributed by atoms with van der Waals surface area (Å²) >= 11 is 1.40. The monoisotopic (exact) mass is 421 g/mol. The van der Waals surface area contributed by atoms with Crippen LogP contribution in [0.25, 0.3) is 5.69 Å². The third kappa shape index (κ3) is 4.30. The predicted molar refractivity (Wildman–Crippen MR) is 114 cm³/mol. The second kappa shape index (κ2) is 8.74. The highest BCUT2D eigenvalue weighted by Crippen LogP contribution is 2.34. The van der Waals surface area contributed by atoms with Crippen molar-refractivity contribution in [3.63, 3.8) is 0 Å². The number of nitrogens with zero attached hydrogens (tertiary/aromatic N) is 7. The molecular formula is C19H19N9OS. The summed E-state index contributed by atoms with van der Waals surface area (Å²) in [6.45, 7) is 1.95. The largest absolute Gasteiger partial charge is 0.494 e. The van der Waals surface area contributed by atoms with Gasteiger partial charge in [0.15, 0.2) is 0 Å². The minimum absolute atomic E-state index is 0.134. The summed E-state index contributed by atoms with van der Waals surface area (Å²) in [5, 5.41) is 15.6. The van der Waals surface area contributed by atoms with Crippen LogP contribution in [0.1, 0.15) is 18.0 Å². The molecule has 0 saturated carbocycles. The summed E-state index contributed by atoms with van der Waals surface area (Å²) in [5.74, 6) is 1.69. The molecule has 0 aliphatic carbocycles. The number of nitrogens with one attached hydrogen (secondary N) is 1. The molecule has 30 heavy (non-hydrogen) atoms. The molecule has 1 unspecified atom stereocenters. The van der Waals surface area contributed by atoms with E-state index in [1.807, 2.05) is 61.5 Å². The van der Waals surface area contributed by atoms with Gasteiger partial charge >= 0.3 is 0 Å². The van der Waals surface area contributed by atoms with E-state index in [9.17, 15) is 0 Å². The minimum Gasteiger partial charge on any atom is -0.494 e. The average molecular weight is 421 g/mol. The molecule has 4 aromatic rings. The molecule has 2 aromatic carbocycles. The second-order valence-electron chi connectivity index (χ2n) is 6.17. The van der Waals surface area contributed by atoms with Crippen molar-refractivity contribution in [1.82, 2.24) is 35.2 Å². The summed E-state index contributed by atoms with van der Waals surface area (Å²) in [6.07, 6.45) is 0. The Labute approximate surface area is 176 Å². The van der Waals surface area contributed by atoms with E-state index < -0.39 is 0 Å². The van der Waals surface area contributed by atoms with Gasteiger partial charge in [0.05, 0.1) is 12.4 Å². The van der Waals surface area contributed by atoms with E-state index >= 15 is 0 Å². The number of anilines is 3. The van der Waals surface area contributed by atoms with Crippen LogP contribution >= 0.6 is 11.8 Å². The lowest BCUT2D eigenvalue weighted by molar-refractivity contribution is 0.410. The molecule has 0 fully saturated rings. The van der Waals surface area contributed by atoms with E-state index in [4.69, 9.17) is 10.5 Å². The van der Waals surface area contributed by atoms with Crippen LogP contribution in [-0.4, -0.2) is 42.3 Å². The van der Waals surface area contributed by atoms with E-state index in [0.717, 1.165) is 11.4 Å². The van der Waals surface area contributed by atoms with E-state index in [1.54, 1.807) is 11.8 Å². The van der Waals surface area contributed by atoms with Crippen LogP contribution in [0.2, 0.25) is 0 Å². The Morgan fingerprint density at radius 1 is 1.03 bits per heavy atom. The first-order valence-corrected chi connectivity index (χ1v) is 9.94. The summed E-state index contributed by atoms with van der Waals surface area (Å²) in [7, 11) is 1.60. The molecule has 2 heterocycles. The smallest absolute Gasteiger partial charge is 0.232 e. The van der Waals surface area contributed by atoms with Gasteiger partial charge in [-0.05, 0) is 41.6 Å². The number of methoxy groups -OCH3 is 1. The highest BCUT2D eigenvalue weighted by Gasteiger charge is 2.20. The third-order valence-corrected chi connectivity index (χ3v) is 5.13. The second-order valence-corrected chi connectivity index (χ2v) is 7.48. The van der Waals surface area contributed by atoms with Crippen molar-refractivity contribution in [3.05, 3.63) is 60.4 Å². The fraction of sp³-hybridized carbons (Fsp3) is 0.158. The summed E-state index contributed by atoms with van der Waals surface area (Å²) in [5.41, 5.74) is 7.50. The van der Waals surface area contributed by atoms with Gasteiger partial charge in [-0.2, -0.15) is 19.6 Å².